The number of hydrogen-bond donors (Lipinski definition) is 0. The summed E-state index contributed by atoms with van der Waals surface area (Å²) < 4.78 is 44.0. The molecule has 0 fully saturated rings. The number of hydrogen-bond acceptors (Lipinski definition) is 5. The molecule has 152 valence electrons. The standard InChI is InChI=1S/C19H21F3N2O3S/c1-4-6-10-24(18-23-12(3)15(28-18)17(26)27-5-2)16(25)13-8-7-9-14(11-13)19(20,21)22/h7-9,11H,4-6,10H2,1-3H3. The number of nitrogens with zero attached hydrogens (tertiary/aromatic N) is 2. The van der Waals surface area contributed by atoms with Crippen LogP contribution in [-0.4, -0.2) is 30.0 Å². The van der Waals surface area contributed by atoms with Gasteiger partial charge in [0.05, 0.1) is 17.9 Å². The summed E-state index contributed by atoms with van der Waals surface area (Å²) in [5.41, 5.74) is -0.565. The van der Waals surface area contributed by atoms with Crippen LogP contribution in [-0.2, 0) is 10.9 Å². The molecule has 0 bridgehead atoms. The van der Waals surface area contributed by atoms with Crippen molar-refractivity contribution >= 4 is 28.3 Å². The average molecular weight is 414 g/mol. The SMILES string of the molecule is CCCCN(C(=O)c1cccc(C(F)(F)F)c1)c1nc(C)c(C(=O)OCC)s1. The van der Waals surface area contributed by atoms with Gasteiger partial charge >= 0.3 is 12.1 Å². The van der Waals surface area contributed by atoms with E-state index in [0.717, 1.165) is 29.9 Å². The summed E-state index contributed by atoms with van der Waals surface area (Å²) in [6.45, 7) is 5.72. The van der Waals surface area contributed by atoms with Crippen molar-refractivity contribution in [2.45, 2.75) is 39.8 Å². The Labute approximate surface area is 165 Å². The minimum Gasteiger partial charge on any atom is -0.462 e. The van der Waals surface area contributed by atoms with Gasteiger partial charge in [0.1, 0.15) is 4.88 Å². The van der Waals surface area contributed by atoms with Crippen LogP contribution in [0, 0.1) is 6.92 Å². The molecule has 1 heterocycles. The van der Waals surface area contributed by atoms with Crippen LogP contribution in [0.1, 0.15) is 58.0 Å². The van der Waals surface area contributed by atoms with Crippen molar-refractivity contribution in [2.75, 3.05) is 18.1 Å². The molecule has 0 saturated heterocycles. The molecule has 28 heavy (non-hydrogen) atoms. The van der Waals surface area contributed by atoms with Gasteiger partial charge in [-0.25, -0.2) is 9.78 Å². The van der Waals surface area contributed by atoms with Crippen molar-refractivity contribution in [3.05, 3.63) is 46.0 Å². The molecule has 0 aliphatic carbocycles. The highest BCUT2D eigenvalue weighted by Crippen LogP contribution is 2.31. The Morgan fingerprint density at radius 1 is 1.25 bits per heavy atom. The lowest BCUT2D eigenvalue weighted by atomic mass is 10.1. The molecule has 0 saturated carbocycles. The minimum absolute atomic E-state index is 0.0866. The smallest absolute Gasteiger partial charge is 0.416 e. The predicted molar refractivity (Wildman–Crippen MR) is 101 cm³/mol. The van der Waals surface area contributed by atoms with Gasteiger partial charge in [0.25, 0.3) is 5.91 Å². The molecule has 0 radical (unpaired) electrons. The van der Waals surface area contributed by atoms with Crippen molar-refractivity contribution in [2.24, 2.45) is 0 Å². The Morgan fingerprint density at radius 3 is 2.57 bits per heavy atom. The number of rotatable bonds is 7. The number of aryl methyl sites for hydroxylation is 1. The third-order valence-corrected chi connectivity index (χ3v) is 5.05. The van der Waals surface area contributed by atoms with Gasteiger partial charge in [-0.15, -0.1) is 0 Å². The average Bonchev–Trinajstić information content (AvgIpc) is 3.03. The first-order valence-electron chi connectivity index (χ1n) is 8.82. The van der Waals surface area contributed by atoms with Gasteiger partial charge in [-0.3, -0.25) is 9.69 Å². The van der Waals surface area contributed by atoms with E-state index in [0.29, 0.717) is 12.1 Å². The van der Waals surface area contributed by atoms with E-state index in [1.54, 1.807) is 13.8 Å². The molecule has 0 N–H and O–H groups in total. The second-order valence-corrected chi connectivity index (χ2v) is 7.00. The fourth-order valence-electron chi connectivity index (χ4n) is 2.47. The Kier molecular flexibility index (Phi) is 7.17. The zero-order valence-corrected chi connectivity index (χ0v) is 16.6. The molecule has 1 aromatic carbocycles. The number of aromatic nitrogens is 1. The highest BCUT2D eigenvalue weighted by atomic mass is 32.1. The van der Waals surface area contributed by atoms with Gasteiger partial charge in [0.15, 0.2) is 5.13 Å². The van der Waals surface area contributed by atoms with Crippen LogP contribution in [0.5, 0.6) is 0 Å². The molecule has 0 atom stereocenters. The molecular weight excluding hydrogens is 393 g/mol. The van der Waals surface area contributed by atoms with Crippen molar-refractivity contribution in [3.63, 3.8) is 0 Å². The Balaban J connectivity index is 2.40. The molecule has 5 nitrogen and oxygen atoms in total. The van der Waals surface area contributed by atoms with Crippen LogP contribution in [0.3, 0.4) is 0 Å². The summed E-state index contributed by atoms with van der Waals surface area (Å²) >= 11 is 0.996. The lowest BCUT2D eigenvalue weighted by Crippen LogP contribution is -2.32. The van der Waals surface area contributed by atoms with Crippen LogP contribution in [0.2, 0.25) is 0 Å². The number of benzene rings is 1. The molecule has 1 amide bonds. The molecule has 0 spiro atoms. The lowest BCUT2D eigenvalue weighted by Gasteiger charge is -2.20. The quantitative estimate of drug-likeness (QED) is 0.592. The fourth-order valence-corrected chi connectivity index (χ4v) is 3.45. The first kappa shape index (κ1) is 21.9. The highest BCUT2D eigenvalue weighted by molar-refractivity contribution is 7.17. The van der Waals surface area contributed by atoms with Crippen LogP contribution in [0.4, 0.5) is 18.3 Å². The number of esters is 1. The second kappa shape index (κ2) is 9.18. The van der Waals surface area contributed by atoms with E-state index in [9.17, 15) is 22.8 Å². The molecular formula is C19H21F3N2O3S. The lowest BCUT2D eigenvalue weighted by molar-refractivity contribution is -0.137. The number of halogens is 3. The number of unbranched alkanes of at least 4 members (excludes halogenated alkanes) is 1. The van der Waals surface area contributed by atoms with E-state index in [2.05, 4.69) is 4.98 Å². The van der Waals surface area contributed by atoms with Crippen LogP contribution in [0.25, 0.3) is 0 Å². The first-order valence-corrected chi connectivity index (χ1v) is 9.64. The third-order valence-electron chi connectivity index (χ3n) is 3.89. The number of anilines is 1. The van der Waals surface area contributed by atoms with E-state index < -0.39 is 23.6 Å². The number of thiazole rings is 1. The number of alkyl halides is 3. The van der Waals surface area contributed by atoms with Gasteiger partial charge in [-0.05, 0) is 38.5 Å². The van der Waals surface area contributed by atoms with E-state index in [1.165, 1.54) is 17.0 Å². The Bertz CT molecular complexity index is 849. The van der Waals surface area contributed by atoms with Crippen molar-refractivity contribution in [1.29, 1.82) is 0 Å². The van der Waals surface area contributed by atoms with E-state index in [1.807, 2.05) is 6.92 Å². The van der Waals surface area contributed by atoms with E-state index in [-0.39, 0.29) is 28.7 Å². The predicted octanol–water partition coefficient (Wildman–Crippen LogP) is 5.09. The molecule has 1 aromatic heterocycles. The zero-order chi connectivity index (χ0) is 20.9. The number of amides is 1. The van der Waals surface area contributed by atoms with Crippen LogP contribution in [0.15, 0.2) is 24.3 Å². The number of carbonyl (C=O) groups is 2. The largest absolute Gasteiger partial charge is 0.462 e. The van der Waals surface area contributed by atoms with Gasteiger partial charge in [0, 0.05) is 12.1 Å². The topological polar surface area (TPSA) is 59.5 Å². The number of carbonyl (C=O) groups excluding carboxylic acids is 2. The minimum atomic E-state index is -4.54. The van der Waals surface area contributed by atoms with E-state index >= 15 is 0 Å². The Morgan fingerprint density at radius 2 is 1.96 bits per heavy atom. The van der Waals surface area contributed by atoms with Gasteiger partial charge in [-0.1, -0.05) is 30.7 Å². The molecule has 9 heteroatoms. The summed E-state index contributed by atoms with van der Waals surface area (Å²) in [6, 6.07) is 4.28. The fraction of sp³-hybridized carbons (Fsp3) is 0.421. The maximum absolute atomic E-state index is 13.0. The maximum atomic E-state index is 13.0. The number of ether oxygens (including phenoxy) is 1. The normalized spacial score (nSPS) is 11.4. The molecule has 0 aliphatic rings. The molecule has 2 rings (SSSR count). The Hall–Kier alpha value is -2.42. The summed E-state index contributed by atoms with van der Waals surface area (Å²) in [4.78, 5) is 30.9. The van der Waals surface area contributed by atoms with Gasteiger partial charge < -0.3 is 4.74 Å². The molecule has 0 aliphatic heterocycles. The molecule has 0 unspecified atom stereocenters. The van der Waals surface area contributed by atoms with Gasteiger partial charge in [-0.2, -0.15) is 13.2 Å². The monoisotopic (exact) mass is 414 g/mol. The van der Waals surface area contributed by atoms with Crippen LogP contribution < -0.4 is 4.90 Å². The third kappa shape index (κ3) is 5.09. The summed E-state index contributed by atoms with van der Waals surface area (Å²) in [6.07, 6.45) is -3.13. The highest BCUT2D eigenvalue weighted by Gasteiger charge is 2.32. The molecule has 2 aromatic rings. The first-order chi connectivity index (χ1) is 13.2. The van der Waals surface area contributed by atoms with Gasteiger partial charge in [0.2, 0.25) is 0 Å². The van der Waals surface area contributed by atoms with Crippen molar-refractivity contribution in [3.8, 4) is 0 Å². The van der Waals surface area contributed by atoms with Crippen molar-refractivity contribution < 1.29 is 27.5 Å². The summed E-state index contributed by atoms with van der Waals surface area (Å²) in [5, 5.41) is 0.261. The van der Waals surface area contributed by atoms with E-state index in [4.69, 9.17) is 4.74 Å². The maximum Gasteiger partial charge on any atom is 0.416 e. The van der Waals surface area contributed by atoms with Crippen molar-refractivity contribution in [1.82, 2.24) is 4.98 Å². The zero-order valence-electron chi connectivity index (χ0n) is 15.8. The summed E-state index contributed by atoms with van der Waals surface area (Å²) in [5.74, 6) is -1.13. The second-order valence-electron chi connectivity index (χ2n) is 6.02. The van der Waals surface area contributed by atoms with Crippen LogP contribution >= 0.6 is 11.3 Å². The summed E-state index contributed by atoms with van der Waals surface area (Å²) in [7, 11) is 0.